The van der Waals surface area contributed by atoms with Crippen molar-refractivity contribution in [2.45, 2.75) is 32.6 Å². The Hall–Kier alpha value is -2.17. The average Bonchev–Trinajstić information content (AvgIpc) is 2.36. The number of benzene rings is 1. The maximum Gasteiger partial charge on any atom is 0.303 e. The highest BCUT2D eigenvalue weighted by Crippen LogP contribution is 2.24. The summed E-state index contributed by atoms with van der Waals surface area (Å²) in [6, 6.07) is 5.21. The van der Waals surface area contributed by atoms with Crippen molar-refractivity contribution in [3.05, 3.63) is 29.3 Å². The Morgan fingerprint density at radius 1 is 1.30 bits per heavy atom. The lowest BCUT2D eigenvalue weighted by atomic mass is 9.94. The Morgan fingerprint density at radius 3 is 2.75 bits per heavy atom. The molecule has 1 amide bonds. The van der Waals surface area contributed by atoms with Crippen LogP contribution in [0.25, 0.3) is 0 Å². The molecule has 0 spiro atoms. The minimum Gasteiger partial charge on any atom is -0.481 e. The van der Waals surface area contributed by atoms with Crippen LogP contribution in [0.5, 0.6) is 0 Å². The van der Waals surface area contributed by atoms with Gasteiger partial charge in [-0.1, -0.05) is 6.92 Å². The summed E-state index contributed by atoms with van der Waals surface area (Å²) in [6.45, 7) is 1.75. The molecule has 1 atom stereocenters. The molecule has 2 rings (SSSR count). The SMILES string of the molecule is CC(CC(=O)O)CC(=O)c1ccc2c(c1)CCC(=O)N2. The number of rotatable bonds is 5. The summed E-state index contributed by atoms with van der Waals surface area (Å²) in [5.41, 5.74) is 2.30. The first-order chi connectivity index (χ1) is 9.45. The molecule has 20 heavy (non-hydrogen) atoms. The van der Waals surface area contributed by atoms with E-state index < -0.39 is 5.97 Å². The minimum atomic E-state index is -0.890. The van der Waals surface area contributed by atoms with Gasteiger partial charge in [-0.05, 0) is 36.1 Å². The fraction of sp³-hybridized carbons (Fsp3) is 0.400. The van der Waals surface area contributed by atoms with Crippen molar-refractivity contribution in [3.63, 3.8) is 0 Å². The van der Waals surface area contributed by atoms with Gasteiger partial charge in [0.05, 0.1) is 0 Å². The van der Waals surface area contributed by atoms with Gasteiger partial charge in [0, 0.05) is 30.5 Å². The molecule has 1 heterocycles. The monoisotopic (exact) mass is 275 g/mol. The largest absolute Gasteiger partial charge is 0.481 e. The molecule has 5 heteroatoms. The molecule has 1 aromatic rings. The fourth-order valence-electron chi connectivity index (χ4n) is 2.36. The van der Waals surface area contributed by atoms with Crippen LogP contribution >= 0.6 is 0 Å². The summed E-state index contributed by atoms with van der Waals surface area (Å²) in [7, 11) is 0. The zero-order valence-electron chi connectivity index (χ0n) is 11.3. The molecule has 0 aliphatic carbocycles. The van der Waals surface area contributed by atoms with Crippen molar-refractivity contribution in [1.82, 2.24) is 0 Å². The lowest BCUT2D eigenvalue weighted by Crippen LogP contribution is -2.19. The molecule has 1 aliphatic rings. The highest BCUT2D eigenvalue weighted by atomic mass is 16.4. The molecule has 2 N–H and O–H groups in total. The molecule has 1 unspecified atom stereocenters. The van der Waals surface area contributed by atoms with Crippen LogP contribution in [0.15, 0.2) is 18.2 Å². The maximum absolute atomic E-state index is 12.1. The summed E-state index contributed by atoms with van der Waals surface area (Å²) < 4.78 is 0. The number of Topliss-reactive ketones (excluding diaryl/α,β-unsaturated/α-hetero) is 1. The van der Waals surface area contributed by atoms with Crippen LogP contribution in [0.1, 0.15) is 42.1 Å². The number of fused-ring (bicyclic) bond motifs is 1. The summed E-state index contributed by atoms with van der Waals surface area (Å²) in [4.78, 5) is 34.0. The maximum atomic E-state index is 12.1. The number of carbonyl (C=O) groups is 3. The molecule has 5 nitrogen and oxygen atoms in total. The Morgan fingerprint density at radius 2 is 2.05 bits per heavy atom. The van der Waals surface area contributed by atoms with Crippen molar-refractivity contribution in [1.29, 1.82) is 0 Å². The molecular weight excluding hydrogens is 258 g/mol. The number of anilines is 1. The van der Waals surface area contributed by atoms with Crippen molar-refractivity contribution < 1.29 is 19.5 Å². The van der Waals surface area contributed by atoms with Gasteiger partial charge in [-0.25, -0.2) is 0 Å². The number of hydrogen-bond donors (Lipinski definition) is 2. The normalized spacial score (nSPS) is 15.2. The molecule has 0 saturated heterocycles. The molecule has 1 aromatic carbocycles. The van der Waals surface area contributed by atoms with E-state index in [4.69, 9.17) is 5.11 Å². The van der Waals surface area contributed by atoms with Gasteiger partial charge in [-0.2, -0.15) is 0 Å². The van der Waals surface area contributed by atoms with Gasteiger partial charge in [0.15, 0.2) is 5.78 Å². The van der Waals surface area contributed by atoms with E-state index in [0.29, 0.717) is 18.4 Å². The Labute approximate surface area is 117 Å². The molecule has 0 radical (unpaired) electrons. The van der Waals surface area contributed by atoms with Gasteiger partial charge in [-0.15, -0.1) is 0 Å². The van der Waals surface area contributed by atoms with Gasteiger partial charge in [0.2, 0.25) is 5.91 Å². The second-order valence-corrected chi connectivity index (χ2v) is 5.25. The highest BCUT2D eigenvalue weighted by molar-refractivity contribution is 5.99. The summed E-state index contributed by atoms with van der Waals surface area (Å²) in [5.74, 6) is -1.14. The van der Waals surface area contributed by atoms with Crippen LogP contribution < -0.4 is 5.32 Å². The number of hydrogen-bond acceptors (Lipinski definition) is 3. The average molecular weight is 275 g/mol. The van der Waals surface area contributed by atoms with E-state index in [1.165, 1.54) is 0 Å². The van der Waals surface area contributed by atoms with Crippen molar-refractivity contribution >= 4 is 23.3 Å². The lowest BCUT2D eigenvalue weighted by molar-refractivity contribution is -0.137. The molecule has 0 bridgehead atoms. The summed E-state index contributed by atoms with van der Waals surface area (Å²) in [6.07, 6.45) is 1.28. The smallest absolute Gasteiger partial charge is 0.303 e. The Balaban J connectivity index is 2.08. The predicted octanol–water partition coefficient (Wildman–Crippen LogP) is 2.25. The van der Waals surface area contributed by atoms with Crippen LogP contribution in [-0.4, -0.2) is 22.8 Å². The van der Waals surface area contributed by atoms with Gasteiger partial charge in [0.1, 0.15) is 0 Å². The zero-order chi connectivity index (χ0) is 14.7. The second kappa shape index (κ2) is 5.86. The van der Waals surface area contributed by atoms with Crippen LogP contribution in [0.3, 0.4) is 0 Å². The molecule has 0 fully saturated rings. The van der Waals surface area contributed by atoms with Crippen molar-refractivity contribution in [2.24, 2.45) is 5.92 Å². The summed E-state index contributed by atoms with van der Waals surface area (Å²) in [5, 5.41) is 11.5. The van der Waals surface area contributed by atoms with E-state index in [9.17, 15) is 14.4 Å². The lowest BCUT2D eigenvalue weighted by Gasteiger charge is -2.17. The van der Waals surface area contributed by atoms with E-state index in [0.717, 1.165) is 11.3 Å². The van der Waals surface area contributed by atoms with Gasteiger partial charge in [0.25, 0.3) is 0 Å². The van der Waals surface area contributed by atoms with Crippen molar-refractivity contribution in [2.75, 3.05) is 5.32 Å². The number of carboxylic acids is 1. The minimum absolute atomic E-state index is 0.00720. The van der Waals surface area contributed by atoms with Crippen molar-refractivity contribution in [3.8, 4) is 0 Å². The van der Waals surface area contributed by atoms with Crippen LogP contribution in [0.4, 0.5) is 5.69 Å². The third kappa shape index (κ3) is 3.44. The fourth-order valence-corrected chi connectivity index (χ4v) is 2.36. The first-order valence-corrected chi connectivity index (χ1v) is 6.63. The Bertz CT molecular complexity index is 565. The van der Waals surface area contributed by atoms with Crippen LogP contribution in [0.2, 0.25) is 0 Å². The van der Waals surface area contributed by atoms with E-state index in [1.54, 1.807) is 25.1 Å². The molecule has 1 aliphatic heterocycles. The number of nitrogens with one attached hydrogen (secondary N) is 1. The van der Waals surface area contributed by atoms with Gasteiger partial charge < -0.3 is 10.4 Å². The van der Waals surface area contributed by atoms with E-state index in [-0.39, 0.29) is 30.4 Å². The van der Waals surface area contributed by atoms with E-state index in [2.05, 4.69) is 5.32 Å². The Kier molecular flexibility index (Phi) is 4.17. The molecule has 0 saturated carbocycles. The number of ketones is 1. The zero-order valence-corrected chi connectivity index (χ0v) is 11.3. The third-order valence-electron chi connectivity index (χ3n) is 3.38. The number of carbonyl (C=O) groups excluding carboxylic acids is 2. The van der Waals surface area contributed by atoms with Gasteiger partial charge >= 0.3 is 5.97 Å². The highest BCUT2D eigenvalue weighted by Gasteiger charge is 2.18. The van der Waals surface area contributed by atoms with E-state index >= 15 is 0 Å². The molecule has 106 valence electrons. The second-order valence-electron chi connectivity index (χ2n) is 5.25. The topological polar surface area (TPSA) is 83.5 Å². The number of amides is 1. The number of aliphatic carboxylic acids is 1. The predicted molar refractivity (Wildman–Crippen MR) is 73.8 cm³/mol. The first-order valence-electron chi connectivity index (χ1n) is 6.63. The van der Waals surface area contributed by atoms with Crippen LogP contribution in [-0.2, 0) is 16.0 Å². The number of aryl methyl sites for hydroxylation is 1. The quantitative estimate of drug-likeness (QED) is 0.807. The first kappa shape index (κ1) is 14.2. The summed E-state index contributed by atoms with van der Waals surface area (Å²) >= 11 is 0. The van der Waals surface area contributed by atoms with E-state index in [1.807, 2.05) is 0 Å². The molecular formula is C15H17NO4. The number of carboxylic acid groups (broad SMARTS) is 1. The van der Waals surface area contributed by atoms with Gasteiger partial charge in [-0.3, -0.25) is 14.4 Å². The standard InChI is InChI=1S/C15H17NO4/c1-9(7-15(19)20)6-13(17)11-2-4-12-10(8-11)3-5-14(18)16-12/h2,4,8-9H,3,5-7H2,1H3,(H,16,18)(H,19,20). The molecule has 0 aromatic heterocycles. The third-order valence-corrected chi connectivity index (χ3v) is 3.38. The van der Waals surface area contributed by atoms with Crippen LogP contribution in [0, 0.1) is 5.92 Å².